The van der Waals surface area contributed by atoms with Gasteiger partial charge in [-0.25, -0.2) is 0 Å². The summed E-state index contributed by atoms with van der Waals surface area (Å²) in [5.74, 6) is 0.936. The second kappa shape index (κ2) is 5.16. The molecule has 1 aromatic rings. The minimum absolute atomic E-state index is 0.191. The van der Waals surface area contributed by atoms with Crippen LogP contribution in [0.1, 0.15) is 46.6 Å². The average Bonchev–Trinajstić information content (AvgIpc) is 3.07. The van der Waals surface area contributed by atoms with Crippen molar-refractivity contribution >= 4 is 0 Å². The van der Waals surface area contributed by atoms with E-state index >= 15 is 0 Å². The highest BCUT2D eigenvalue weighted by atomic mass is 16.6. The quantitative estimate of drug-likeness (QED) is 0.743. The number of epoxide rings is 1. The zero-order valence-electron chi connectivity index (χ0n) is 12.8. The van der Waals surface area contributed by atoms with Crippen molar-refractivity contribution in [1.29, 1.82) is 0 Å². The molecule has 106 valence electrons. The normalized spacial score (nSPS) is 19.3. The van der Waals surface area contributed by atoms with Crippen LogP contribution in [-0.2, 0) is 10.2 Å². The number of hydrogen-bond donors (Lipinski definition) is 0. The molecule has 2 rings (SSSR count). The lowest BCUT2D eigenvalue weighted by atomic mass is 9.72. The Bertz CT molecular complexity index is 408. The molecule has 0 aromatic heterocycles. The SMILES string of the molecule is CC(C)(C)CC(C)(C)c1ccc(OCC2CO2)cc1. The lowest BCUT2D eigenvalue weighted by molar-refractivity contribution is 0.262. The van der Waals surface area contributed by atoms with E-state index in [1.807, 2.05) is 0 Å². The van der Waals surface area contributed by atoms with E-state index in [0.717, 1.165) is 18.8 Å². The Morgan fingerprint density at radius 1 is 1.11 bits per heavy atom. The minimum atomic E-state index is 0.191. The van der Waals surface area contributed by atoms with Crippen molar-refractivity contribution in [2.75, 3.05) is 13.2 Å². The molecule has 0 N–H and O–H groups in total. The summed E-state index contributed by atoms with van der Waals surface area (Å²) in [4.78, 5) is 0. The van der Waals surface area contributed by atoms with Gasteiger partial charge in [0.2, 0.25) is 0 Å². The van der Waals surface area contributed by atoms with E-state index < -0.39 is 0 Å². The van der Waals surface area contributed by atoms with Crippen LogP contribution in [0, 0.1) is 5.41 Å². The predicted octanol–water partition coefficient (Wildman–Crippen LogP) is 4.18. The van der Waals surface area contributed by atoms with Crippen molar-refractivity contribution in [3.8, 4) is 5.75 Å². The first-order valence-electron chi connectivity index (χ1n) is 7.11. The summed E-state index contributed by atoms with van der Waals surface area (Å²) < 4.78 is 10.8. The maximum absolute atomic E-state index is 5.67. The molecule has 2 nitrogen and oxygen atoms in total. The second-order valence-corrected chi connectivity index (χ2v) is 7.41. The van der Waals surface area contributed by atoms with Crippen molar-refractivity contribution in [1.82, 2.24) is 0 Å². The fourth-order valence-corrected chi connectivity index (χ4v) is 2.78. The van der Waals surface area contributed by atoms with E-state index in [9.17, 15) is 0 Å². The molecular formula is C17H26O2. The Labute approximate surface area is 117 Å². The number of hydrogen-bond acceptors (Lipinski definition) is 2. The van der Waals surface area contributed by atoms with Gasteiger partial charge in [-0.1, -0.05) is 46.8 Å². The monoisotopic (exact) mass is 262 g/mol. The Morgan fingerprint density at radius 3 is 2.16 bits per heavy atom. The van der Waals surface area contributed by atoms with Crippen LogP contribution >= 0.6 is 0 Å². The molecule has 1 aliphatic heterocycles. The third kappa shape index (κ3) is 4.54. The summed E-state index contributed by atoms with van der Waals surface area (Å²) in [6, 6.07) is 8.52. The first-order chi connectivity index (χ1) is 8.76. The fourth-order valence-electron chi connectivity index (χ4n) is 2.78. The van der Waals surface area contributed by atoms with Gasteiger partial charge in [-0.3, -0.25) is 0 Å². The molecule has 0 spiro atoms. The molecule has 0 amide bonds. The van der Waals surface area contributed by atoms with Gasteiger partial charge in [-0.15, -0.1) is 0 Å². The van der Waals surface area contributed by atoms with Crippen LogP contribution in [0.4, 0.5) is 0 Å². The molecule has 0 bridgehead atoms. The summed E-state index contributed by atoms with van der Waals surface area (Å²) in [6.07, 6.45) is 1.48. The molecule has 1 unspecified atom stereocenters. The smallest absolute Gasteiger partial charge is 0.119 e. The highest BCUT2D eigenvalue weighted by Crippen LogP contribution is 2.36. The van der Waals surface area contributed by atoms with Crippen LogP contribution in [0.5, 0.6) is 5.75 Å². The van der Waals surface area contributed by atoms with Crippen molar-refractivity contribution in [3.05, 3.63) is 29.8 Å². The highest BCUT2D eigenvalue weighted by molar-refractivity contribution is 5.31. The van der Waals surface area contributed by atoms with E-state index in [4.69, 9.17) is 9.47 Å². The largest absolute Gasteiger partial charge is 0.491 e. The second-order valence-electron chi connectivity index (χ2n) is 7.41. The van der Waals surface area contributed by atoms with E-state index in [1.54, 1.807) is 0 Å². The van der Waals surface area contributed by atoms with Crippen LogP contribution < -0.4 is 4.74 Å². The van der Waals surface area contributed by atoms with Crippen LogP contribution in [0.2, 0.25) is 0 Å². The van der Waals surface area contributed by atoms with Crippen molar-refractivity contribution < 1.29 is 9.47 Å². The summed E-state index contributed by atoms with van der Waals surface area (Å²) in [6.45, 7) is 13.0. The molecule has 1 atom stereocenters. The lowest BCUT2D eigenvalue weighted by Gasteiger charge is -2.33. The van der Waals surface area contributed by atoms with E-state index in [0.29, 0.717) is 18.1 Å². The Morgan fingerprint density at radius 2 is 1.68 bits per heavy atom. The number of rotatable bonds is 5. The zero-order valence-corrected chi connectivity index (χ0v) is 12.8. The third-order valence-electron chi connectivity index (χ3n) is 3.45. The first kappa shape index (κ1) is 14.4. The third-order valence-corrected chi connectivity index (χ3v) is 3.45. The highest BCUT2D eigenvalue weighted by Gasteiger charge is 2.27. The van der Waals surface area contributed by atoms with E-state index in [-0.39, 0.29) is 5.41 Å². The molecule has 19 heavy (non-hydrogen) atoms. The van der Waals surface area contributed by atoms with Crippen LogP contribution in [0.15, 0.2) is 24.3 Å². The zero-order chi connectivity index (χ0) is 14.1. The van der Waals surface area contributed by atoms with Gasteiger partial charge in [0.1, 0.15) is 18.5 Å². The predicted molar refractivity (Wildman–Crippen MR) is 78.8 cm³/mol. The summed E-state index contributed by atoms with van der Waals surface area (Å²) in [7, 11) is 0. The Balaban J connectivity index is 1.99. The van der Waals surface area contributed by atoms with Crippen molar-refractivity contribution in [3.63, 3.8) is 0 Å². The number of benzene rings is 1. The molecule has 0 saturated carbocycles. The van der Waals surface area contributed by atoms with Gasteiger partial charge in [0.05, 0.1) is 6.61 Å². The molecule has 0 radical (unpaired) electrons. The van der Waals surface area contributed by atoms with Gasteiger partial charge in [-0.05, 0) is 34.9 Å². The topological polar surface area (TPSA) is 21.8 Å². The Kier molecular flexibility index (Phi) is 3.91. The van der Waals surface area contributed by atoms with Gasteiger partial charge in [0.15, 0.2) is 0 Å². The maximum Gasteiger partial charge on any atom is 0.119 e. The van der Waals surface area contributed by atoms with Gasteiger partial charge in [0, 0.05) is 0 Å². The van der Waals surface area contributed by atoms with Gasteiger partial charge in [-0.2, -0.15) is 0 Å². The molecular weight excluding hydrogens is 236 g/mol. The molecule has 1 fully saturated rings. The molecule has 0 aliphatic carbocycles. The van der Waals surface area contributed by atoms with Crippen molar-refractivity contribution in [2.24, 2.45) is 5.41 Å². The molecule has 2 heteroatoms. The number of ether oxygens (including phenoxy) is 2. The summed E-state index contributed by atoms with van der Waals surface area (Å²) in [5.41, 5.74) is 1.90. The first-order valence-corrected chi connectivity index (χ1v) is 7.11. The molecule has 1 saturated heterocycles. The van der Waals surface area contributed by atoms with Gasteiger partial charge in [0.25, 0.3) is 0 Å². The van der Waals surface area contributed by atoms with Crippen molar-refractivity contribution in [2.45, 2.75) is 52.6 Å². The molecule has 1 aliphatic rings. The van der Waals surface area contributed by atoms with Crippen LogP contribution in [0.25, 0.3) is 0 Å². The van der Waals surface area contributed by atoms with Gasteiger partial charge < -0.3 is 9.47 Å². The van der Waals surface area contributed by atoms with E-state index in [1.165, 1.54) is 5.56 Å². The lowest BCUT2D eigenvalue weighted by Crippen LogP contribution is -2.24. The summed E-state index contributed by atoms with van der Waals surface area (Å²) >= 11 is 0. The van der Waals surface area contributed by atoms with E-state index in [2.05, 4.69) is 58.9 Å². The average molecular weight is 262 g/mol. The standard InChI is InChI=1S/C17H26O2/c1-16(2,3)12-17(4,5)13-6-8-14(9-7-13)18-10-15-11-19-15/h6-9,15H,10-12H2,1-5H3. The fraction of sp³-hybridized carbons (Fsp3) is 0.647. The van der Waals surface area contributed by atoms with Gasteiger partial charge >= 0.3 is 0 Å². The summed E-state index contributed by atoms with van der Waals surface area (Å²) in [5, 5.41) is 0. The molecule has 1 aromatic carbocycles. The molecule has 1 heterocycles. The van der Waals surface area contributed by atoms with Crippen LogP contribution in [0.3, 0.4) is 0 Å². The maximum atomic E-state index is 5.67. The minimum Gasteiger partial charge on any atom is -0.491 e. The Hall–Kier alpha value is -1.02. The van der Waals surface area contributed by atoms with Crippen LogP contribution in [-0.4, -0.2) is 19.3 Å².